The zero-order valence-electron chi connectivity index (χ0n) is 14.3. The molecule has 130 valence electrons. The number of hydrogen-bond donors (Lipinski definition) is 2. The first-order valence-electron chi connectivity index (χ1n) is 8.53. The quantitative estimate of drug-likeness (QED) is 0.429. The molecule has 2 heterocycles. The van der Waals surface area contributed by atoms with E-state index in [1.165, 1.54) is 9.79 Å². The van der Waals surface area contributed by atoms with E-state index in [0.717, 1.165) is 48.8 Å². The zero-order valence-corrected chi connectivity index (χ0v) is 15.1. The number of piperazine rings is 1. The lowest BCUT2D eigenvalue weighted by molar-refractivity contribution is 0.169. The van der Waals surface area contributed by atoms with Crippen LogP contribution in [0.3, 0.4) is 0 Å². The Morgan fingerprint density at radius 3 is 2.64 bits per heavy atom. The molecular weight excluding hydrogens is 332 g/mol. The first-order chi connectivity index (χ1) is 12.2. The van der Waals surface area contributed by atoms with E-state index in [0.29, 0.717) is 6.54 Å². The molecule has 6 heteroatoms. The molecule has 1 fully saturated rings. The number of benzene rings is 2. The van der Waals surface area contributed by atoms with Crippen molar-refractivity contribution >= 4 is 28.8 Å². The van der Waals surface area contributed by atoms with E-state index in [-0.39, 0.29) is 0 Å². The van der Waals surface area contributed by atoms with Crippen molar-refractivity contribution in [3.63, 3.8) is 0 Å². The standard InChI is InChI=1S/C19H22N4OS/c1-22-8-10-23(11-9-22)13-17(21-24)14-6-7-19-16(12-14)20-15-4-2-3-5-18(15)25-19/h2-7,12,20,24H,8-11,13H2,1H3/b21-17+. The van der Waals surface area contributed by atoms with Crippen molar-refractivity contribution in [2.45, 2.75) is 9.79 Å². The summed E-state index contributed by atoms with van der Waals surface area (Å²) < 4.78 is 0. The Kier molecular flexibility index (Phi) is 4.65. The highest BCUT2D eigenvalue weighted by Crippen LogP contribution is 2.44. The summed E-state index contributed by atoms with van der Waals surface area (Å²) in [5, 5.41) is 16.6. The maximum Gasteiger partial charge on any atom is 0.101 e. The molecule has 2 aromatic rings. The van der Waals surface area contributed by atoms with Crippen LogP contribution in [0.5, 0.6) is 0 Å². The molecule has 0 spiro atoms. The second-order valence-corrected chi connectivity index (χ2v) is 7.64. The van der Waals surface area contributed by atoms with E-state index >= 15 is 0 Å². The first kappa shape index (κ1) is 16.4. The summed E-state index contributed by atoms with van der Waals surface area (Å²) in [7, 11) is 2.14. The second-order valence-electron chi connectivity index (χ2n) is 6.56. The van der Waals surface area contributed by atoms with Gasteiger partial charge in [-0.1, -0.05) is 35.1 Å². The normalized spacial score (nSPS) is 18.4. The third kappa shape index (κ3) is 3.51. The SMILES string of the molecule is CN1CCN(C/C(=N\O)c2ccc3c(c2)Nc2ccccc2S3)CC1. The van der Waals surface area contributed by atoms with Crippen LogP contribution >= 0.6 is 11.8 Å². The van der Waals surface area contributed by atoms with Crippen molar-refractivity contribution < 1.29 is 5.21 Å². The van der Waals surface area contributed by atoms with Crippen LogP contribution in [0.2, 0.25) is 0 Å². The molecule has 0 aliphatic carbocycles. The molecule has 0 unspecified atom stereocenters. The molecule has 0 atom stereocenters. The summed E-state index contributed by atoms with van der Waals surface area (Å²) in [5.74, 6) is 0. The van der Waals surface area contributed by atoms with E-state index in [2.05, 4.69) is 57.7 Å². The van der Waals surface area contributed by atoms with E-state index < -0.39 is 0 Å². The van der Waals surface area contributed by atoms with Gasteiger partial charge in [0.05, 0.1) is 11.4 Å². The minimum absolute atomic E-state index is 0.673. The fourth-order valence-corrected chi connectivity index (χ4v) is 4.19. The Labute approximate surface area is 152 Å². The molecule has 25 heavy (non-hydrogen) atoms. The smallest absolute Gasteiger partial charge is 0.101 e. The lowest BCUT2D eigenvalue weighted by Gasteiger charge is -2.32. The first-order valence-corrected chi connectivity index (χ1v) is 9.35. The number of fused-ring (bicyclic) bond motifs is 2. The van der Waals surface area contributed by atoms with Gasteiger partial charge >= 0.3 is 0 Å². The molecule has 0 amide bonds. The molecule has 0 saturated carbocycles. The molecule has 0 aromatic heterocycles. The van der Waals surface area contributed by atoms with Gasteiger partial charge < -0.3 is 15.4 Å². The van der Waals surface area contributed by atoms with Gasteiger partial charge in [-0.15, -0.1) is 0 Å². The Morgan fingerprint density at radius 1 is 1.08 bits per heavy atom. The van der Waals surface area contributed by atoms with Gasteiger partial charge in [0.2, 0.25) is 0 Å². The number of rotatable bonds is 3. The molecule has 2 aromatic carbocycles. The molecule has 0 bridgehead atoms. The van der Waals surface area contributed by atoms with Gasteiger partial charge in [0, 0.05) is 48.1 Å². The van der Waals surface area contributed by atoms with E-state index in [9.17, 15) is 5.21 Å². The van der Waals surface area contributed by atoms with Crippen molar-refractivity contribution in [2.24, 2.45) is 5.16 Å². The van der Waals surface area contributed by atoms with E-state index in [1.54, 1.807) is 11.8 Å². The fraction of sp³-hybridized carbons (Fsp3) is 0.316. The molecule has 0 radical (unpaired) electrons. The van der Waals surface area contributed by atoms with Crippen LogP contribution in [0.4, 0.5) is 11.4 Å². The lowest BCUT2D eigenvalue weighted by atomic mass is 10.1. The molecular formula is C19H22N4OS. The maximum absolute atomic E-state index is 9.55. The number of oxime groups is 1. The highest BCUT2D eigenvalue weighted by molar-refractivity contribution is 7.99. The fourth-order valence-electron chi connectivity index (χ4n) is 3.22. The van der Waals surface area contributed by atoms with Gasteiger partial charge in [0.25, 0.3) is 0 Å². The topological polar surface area (TPSA) is 51.1 Å². The highest BCUT2D eigenvalue weighted by atomic mass is 32.2. The molecule has 5 nitrogen and oxygen atoms in total. The predicted molar refractivity (Wildman–Crippen MR) is 103 cm³/mol. The number of nitrogens with one attached hydrogen (secondary N) is 1. The van der Waals surface area contributed by atoms with Crippen LogP contribution in [0.1, 0.15) is 5.56 Å². The summed E-state index contributed by atoms with van der Waals surface area (Å²) in [4.78, 5) is 7.09. The van der Waals surface area contributed by atoms with Crippen molar-refractivity contribution in [1.29, 1.82) is 0 Å². The molecule has 2 N–H and O–H groups in total. The summed E-state index contributed by atoms with van der Waals surface area (Å²) in [6.45, 7) is 4.78. The number of nitrogens with zero attached hydrogens (tertiary/aromatic N) is 3. The largest absolute Gasteiger partial charge is 0.411 e. The minimum Gasteiger partial charge on any atom is -0.411 e. The van der Waals surface area contributed by atoms with Crippen molar-refractivity contribution in [2.75, 3.05) is 45.1 Å². The maximum atomic E-state index is 9.55. The van der Waals surface area contributed by atoms with Crippen molar-refractivity contribution in [3.05, 3.63) is 48.0 Å². The van der Waals surface area contributed by atoms with Crippen LogP contribution in [-0.4, -0.2) is 60.5 Å². The molecule has 2 aliphatic rings. The Morgan fingerprint density at radius 2 is 1.84 bits per heavy atom. The Bertz CT molecular complexity index is 800. The zero-order chi connectivity index (χ0) is 17.2. The van der Waals surface area contributed by atoms with Gasteiger partial charge in [-0.2, -0.15) is 0 Å². The average molecular weight is 354 g/mol. The average Bonchev–Trinajstić information content (AvgIpc) is 2.65. The minimum atomic E-state index is 0.673. The Hall–Kier alpha value is -2.02. The van der Waals surface area contributed by atoms with Crippen molar-refractivity contribution in [1.82, 2.24) is 9.80 Å². The number of anilines is 2. The predicted octanol–water partition coefficient (Wildman–Crippen LogP) is 3.32. The van der Waals surface area contributed by atoms with Gasteiger partial charge in [-0.05, 0) is 31.3 Å². The van der Waals surface area contributed by atoms with Crippen LogP contribution < -0.4 is 5.32 Å². The number of hydrogen-bond acceptors (Lipinski definition) is 6. The summed E-state index contributed by atoms with van der Waals surface area (Å²) in [6, 6.07) is 14.5. The van der Waals surface area contributed by atoms with Crippen LogP contribution in [0.25, 0.3) is 0 Å². The monoisotopic (exact) mass is 354 g/mol. The third-order valence-electron chi connectivity index (χ3n) is 4.78. The highest BCUT2D eigenvalue weighted by Gasteiger charge is 2.19. The van der Waals surface area contributed by atoms with Crippen molar-refractivity contribution in [3.8, 4) is 0 Å². The number of likely N-dealkylation sites (N-methyl/N-ethyl adjacent to an activating group) is 1. The Balaban J connectivity index is 1.53. The number of para-hydroxylation sites is 1. The van der Waals surface area contributed by atoms with Crippen LogP contribution in [0.15, 0.2) is 57.4 Å². The molecule has 1 saturated heterocycles. The summed E-state index contributed by atoms with van der Waals surface area (Å²) >= 11 is 1.77. The second kappa shape index (κ2) is 7.07. The summed E-state index contributed by atoms with van der Waals surface area (Å²) in [6.07, 6.45) is 0. The molecule has 2 aliphatic heterocycles. The van der Waals surface area contributed by atoms with Gasteiger partial charge in [-0.25, -0.2) is 0 Å². The van der Waals surface area contributed by atoms with Crippen LogP contribution in [-0.2, 0) is 0 Å². The van der Waals surface area contributed by atoms with E-state index in [4.69, 9.17) is 0 Å². The van der Waals surface area contributed by atoms with Gasteiger partial charge in [0.15, 0.2) is 0 Å². The lowest BCUT2D eigenvalue weighted by Crippen LogP contribution is -2.46. The third-order valence-corrected chi connectivity index (χ3v) is 5.93. The molecule has 4 rings (SSSR count). The van der Waals surface area contributed by atoms with Gasteiger partial charge in [0.1, 0.15) is 5.71 Å². The van der Waals surface area contributed by atoms with E-state index in [1.807, 2.05) is 12.1 Å². The summed E-state index contributed by atoms with van der Waals surface area (Å²) in [5.41, 5.74) is 3.88. The van der Waals surface area contributed by atoms with Gasteiger partial charge in [-0.3, -0.25) is 4.90 Å². The van der Waals surface area contributed by atoms with Crippen LogP contribution in [0, 0.1) is 0 Å².